The summed E-state index contributed by atoms with van der Waals surface area (Å²) in [5.74, 6) is 0.124. The minimum atomic E-state index is -0.0361. The van der Waals surface area contributed by atoms with Gasteiger partial charge in [0.2, 0.25) is 5.91 Å². The zero-order valence-electron chi connectivity index (χ0n) is 19.1. The van der Waals surface area contributed by atoms with Crippen LogP contribution >= 0.6 is 0 Å². The van der Waals surface area contributed by atoms with Crippen molar-refractivity contribution in [2.45, 2.75) is 44.3 Å². The highest BCUT2D eigenvalue weighted by molar-refractivity contribution is 5.78. The van der Waals surface area contributed by atoms with E-state index < -0.39 is 0 Å². The maximum Gasteiger partial charge on any atom is 0.326 e. The van der Waals surface area contributed by atoms with Crippen molar-refractivity contribution >= 4 is 16.9 Å². The fourth-order valence-electron chi connectivity index (χ4n) is 5.33. The van der Waals surface area contributed by atoms with Crippen molar-refractivity contribution in [2.75, 3.05) is 32.7 Å². The quantitative estimate of drug-likeness (QED) is 0.610. The predicted molar refractivity (Wildman–Crippen MR) is 130 cm³/mol. The normalized spacial score (nSPS) is 19.2. The maximum absolute atomic E-state index is 12.7. The molecular formula is C26H33N5O2. The molecule has 0 bridgehead atoms. The average Bonchev–Trinajstić information content (AvgIpc) is 3.17. The van der Waals surface area contributed by atoms with Crippen molar-refractivity contribution in [3.8, 4) is 0 Å². The van der Waals surface area contributed by atoms with Crippen LogP contribution in [0.2, 0.25) is 0 Å². The third kappa shape index (κ3) is 5.20. The molecule has 33 heavy (non-hydrogen) atoms. The molecule has 0 radical (unpaired) electrons. The number of para-hydroxylation sites is 2. The highest BCUT2D eigenvalue weighted by Crippen LogP contribution is 2.24. The van der Waals surface area contributed by atoms with E-state index in [2.05, 4.69) is 50.4 Å². The predicted octanol–water partition coefficient (Wildman–Crippen LogP) is 2.75. The fraction of sp³-hybridized carbons (Fsp3) is 0.462. The van der Waals surface area contributed by atoms with Crippen LogP contribution in [0.4, 0.5) is 0 Å². The van der Waals surface area contributed by atoms with Crippen LogP contribution in [0, 0.1) is 0 Å². The molecule has 2 aromatic carbocycles. The topological polar surface area (TPSA) is 73.4 Å². The van der Waals surface area contributed by atoms with Crippen LogP contribution in [0.15, 0.2) is 59.4 Å². The number of rotatable bonds is 6. The number of carbonyl (C=O) groups excluding carboxylic acids is 1. The molecule has 2 aliphatic heterocycles. The summed E-state index contributed by atoms with van der Waals surface area (Å²) in [4.78, 5) is 32.8. The number of hydrogen-bond acceptors (Lipinski definition) is 4. The number of amides is 1. The van der Waals surface area contributed by atoms with E-state index in [1.165, 1.54) is 5.56 Å². The third-order valence-electron chi connectivity index (χ3n) is 7.12. The summed E-state index contributed by atoms with van der Waals surface area (Å²) in [6.45, 7) is 5.13. The molecule has 3 aromatic rings. The summed E-state index contributed by atoms with van der Waals surface area (Å²) >= 11 is 0. The van der Waals surface area contributed by atoms with Gasteiger partial charge in [0.25, 0.3) is 0 Å². The Morgan fingerprint density at radius 2 is 1.55 bits per heavy atom. The van der Waals surface area contributed by atoms with Gasteiger partial charge in [0.1, 0.15) is 0 Å². The molecule has 7 heteroatoms. The molecule has 2 fully saturated rings. The van der Waals surface area contributed by atoms with Gasteiger partial charge in [-0.1, -0.05) is 42.5 Å². The molecule has 0 spiro atoms. The van der Waals surface area contributed by atoms with E-state index in [0.29, 0.717) is 6.54 Å². The molecule has 1 aromatic heterocycles. The van der Waals surface area contributed by atoms with Gasteiger partial charge in [-0.25, -0.2) is 4.79 Å². The lowest BCUT2D eigenvalue weighted by Gasteiger charge is -2.34. The molecule has 3 heterocycles. The van der Waals surface area contributed by atoms with Crippen LogP contribution in [-0.2, 0) is 11.3 Å². The van der Waals surface area contributed by atoms with E-state index in [9.17, 15) is 9.59 Å². The molecule has 2 saturated heterocycles. The Balaban J connectivity index is 1.06. The molecular weight excluding hydrogens is 414 g/mol. The number of nitrogens with zero attached hydrogens (tertiary/aromatic N) is 3. The summed E-state index contributed by atoms with van der Waals surface area (Å²) in [5, 5.41) is 3.26. The number of carbonyl (C=O) groups is 1. The van der Waals surface area contributed by atoms with Crippen LogP contribution in [0.25, 0.3) is 11.0 Å². The minimum Gasteiger partial charge on any atom is -0.352 e. The standard InChI is InChI=1S/C26H33N5O2/c32-25(27-21-10-14-29(15-11-21)18-20-6-2-1-3-7-20)19-30-16-12-22(13-17-30)31-24-9-5-4-8-23(24)28-26(31)33/h1-9,21-22H,10-19H2,(H,27,32)(H,28,33). The summed E-state index contributed by atoms with van der Waals surface area (Å²) in [7, 11) is 0. The lowest BCUT2D eigenvalue weighted by molar-refractivity contribution is -0.123. The first-order valence-electron chi connectivity index (χ1n) is 12.1. The number of piperidine rings is 2. The van der Waals surface area contributed by atoms with Gasteiger partial charge in [-0.05, 0) is 43.4 Å². The van der Waals surface area contributed by atoms with Gasteiger partial charge in [0, 0.05) is 44.8 Å². The molecule has 1 amide bonds. The Hall–Kier alpha value is -2.90. The number of nitrogens with one attached hydrogen (secondary N) is 2. The zero-order valence-corrected chi connectivity index (χ0v) is 19.1. The van der Waals surface area contributed by atoms with Crippen molar-refractivity contribution in [3.63, 3.8) is 0 Å². The molecule has 0 atom stereocenters. The number of fused-ring (bicyclic) bond motifs is 1. The van der Waals surface area contributed by atoms with Crippen molar-refractivity contribution in [2.24, 2.45) is 0 Å². The second-order valence-electron chi connectivity index (χ2n) is 9.43. The first kappa shape index (κ1) is 21.9. The van der Waals surface area contributed by atoms with Crippen molar-refractivity contribution in [3.05, 3.63) is 70.6 Å². The highest BCUT2D eigenvalue weighted by atomic mass is 16.2. The highest BCUT2D eigenvalue weighted by Gasteiger charge is 2.26. The zero-order chi connectivity index (χ0) is 22.6. The number of aromatic nitrogens is 2. The number of imidazole rings is 1. The van der Waals surface area contributed by atoms with Crippen LogP contribution < -0.4 is 11.0 Å². The molecule has 2 N–H and O–H groups in total. The van der Waals surface area contributed by atoms with E-state index in [1.54, 1.807) is 0 Å². The number of aromatic amines is 1. The lowest BCUT2D eigenvalue weighted by Crippen LogP contribution is -2.48. The SMILES string of the molecule is O=C(CN1CCC(n2c(=O)[nH]c3ccccc32)CC1)NC1CCN(Cc2ccccc2)CC1. The van der Waals surface area contributed by atoms with E-state index in [-0.39, 0.29) is 23.7 Å². The average molecular weight is 448 g/mol. The molecule has 7 nitrogen and oxygen atoms in total. The first-order valence-corrected chi connectivity index (χ1v) is 12.1. The van der Waals surface area contributed by atoms with Gasteiger partial charge < -0.3 is 10.3 Å². The molecule has 0 unspecified atom stereocenters. The Bertz CT molecular complexity index is 1120. The van der Waals surface area contributed by atoms with Gasteiger partial charge in [-0.3, -0.25) is 19.2 Å². The number of hydrogen-bond donors (Lipinski definition) is 2. The maximum atomic E-state index is 12.7. The Morgan fingerprint density at radius 1 is 0.879 bits per heavy atom. The summed E-state index contributed by atoms with van der Waals surface area (Å²) < 4.78 is 1.90. The second kappa shape index (κ2) is 9.93. The Kier molecular flexibility index (Phi) is 6.60. The van der Waals surface area contributed by atoms with Gasteiger partial charge in [0.05, 0.1) is 17.6 Å². The summed E-state index contributed by atoms with van der Waals surface area (Å²) in [5.41, 5.74) is 3.17. The van der Waals surface area contributed by atoms with Crippen molar-refractivity contribution in [1.82, 2.24) is 24.7 Å². The van der Waals surface area contributed by atoms with Crippen LogP contribution in [0.3, 0.4) is 0 Å². The van der Waals surface area contributed by atoms with Crippen LogP contribution in [0.1, 0.15) is 37.3 Å². The Labute approximate surface area is 194 Å². The largest absolute Gasteiger partial charge is 0.352 e. The van der Waals surface area contributed by atoms with E-state index >= 15 is 0 Å². The molecule has 5 rings (SSSR count). The lowest BCUT2D eigenvalue weighted by atomic mass is 10.0. The monoisotopic (exact) mass is 447 g/mol. The van der Waals surface area contributed by atoms with Crippen molar-refractivity contribution in [1.29, 1.82) is 0 Å². The Morgan fingerprint density at radius 3 is 2.30 bits per heavy atom. The smallest absolute Gasteiger partial charge is 0.326 e. The molecule has 174 valence electrons. The van der Waals surface area contributed by atoms with Gasteiger partial charge in [-0.15, -0.1) is 0 Å². The molecule has 2 aliphatic rings. The summed E-state index contributed by atoms with van der Waals surface area (Å²) in [6, 6.07) is 18.9. The fourth-order valence-corrected chi connectivity index (χ4v) is 5.33. The number of benzene rings is 2. The first-order chi connectivity index (χ1) is 16.2. The molecule has 0 saturated carbocycles. The molecule has 0 aliphatic carbocycles. The van der Waals surface area contributed by atoms with Gasteiger partial charge in [-0.2, -0.15) is 0 Å². The summed E-state index contributed by atoms with van der Waals surface area (Å²) in [6.07, 6.45) is 3.77. The van der Waals surface area contributed by atoms with E-state index in [1.807, 2.05) is 28.8 Å². The van der Waals surface area contributed by atoms with Gasteiger partial charge in [0.15, 0.2) is 0 Å². The minimum absolute atomic E-state index is 0.0361. The van der Waals surface area contributed by atoms with Gasteiger partial charge >= 0.3 is 5.69 Å². The van der Waals surface area contributed by atoms with Crippen LogP contribution in [0.5, 0.6) is 0 Å². The number of H-pyrrole nitrogens is 1. The second-order valence-corrected chi connectivity index (χ2v) is 9.43. The van der Waals surface area contributed by atoms with Crippen LogP contribution in [-0.4, -0.2) is 64.0 Å². The number of likely N-dealkylation sites (tertiary alicyclic amines) is 2. The van der Waals surface area contributed by atoms with Crippen molar-refractivity contribution < 1.29 is 4.79 Å². The third-order valence-corrected chi connectivity index (χ3v) is 7.12. The van der Waals surface area contributed by atoms with E-state index in [4.69, 9.17) is 0 Å². The van der Waals surface area contributed by atoms with E-state index in [0.717, 1.165) is 69.4 Å².